The molecule has 0 fully saturated rings. The molecule has 0 aromatic heterocycles. The second kappa shape index (κ2) is 14.3. The number of halogens is 1. The van der Waals surface area contributed by atoms with Gasteiger partial charge in [0.05, 0.1) is 7.11 Å². The Labute approximate surface area is 126 Å². The van der Waals surface area contributed by atoms with E-state index >= 15 is 0 Å². The molecule has 0 bridgehead atoms. The van der Waals surface area contributed by atoms with E-state index in [-0.39, 0.29) is 29.9 Å². The van der Waals surface area contributed by atoms with Crippen LogP contribution in [0.15, 0.2) is 17.6 Å². The number of guanidine groups is 1. The van der Waals surface area contributed by atoms with Crippen LogP contribution in [0.25, 0.3) is 0 Å². The van der Waals surface area contributed by atoms with Crippen LogP contribution in [0, 0.1) is 0 Å². The van der Waals surface area contributed by atoms with Crippen LogP contribution < -0.4 is 10.6 Å². The number of nitrogens with zero attached hydrogens (tertiary/aromatic N) is 1. The maximum Gasteiger partial charge on any atom is 0.305 e. The van der Waals surface area contributed by atoms with Crippen molar-refractivity contribution in [2.75, 3.05) is 27.2 Å². The first-order valence-corrected chi connectivity index (χ1v) is 5.86. The average molecular weight is 369 g/mol. The summed E-state index contributed by atoms with van der Waals surface area (Å²) in [5.74, 6) is 0.638. The molecule has 0 aromatic carbocycles. The summed E-state index contributed by atoms with van der Waals surface area (Å²) in [5.41, 5.74) is 0. The molecule has 5 nitrogen and oxygen atoms in total. The predicted molar refractivity (Wildman–Crippen MR) is 85.5 cm³/mol. The highest BCUT2D eigenvalue weighted by Crippen LogP contribution is 1.99. The minimum absolute atomic E-state index is 0. The van der Waals surface area contributed by atoms with E-state index in [4.69, 9.17) is 0 Å². The molecule has 0 aromatic rings. The van der Waals surface area contributed by atoms with Crippen LogP contribution in [0.5, 0.6) is 0 Å². The van der Waals surface area contributed by atoms with E-state index in [0.717, 1.165) is 31.8 Å². The van der Waals surface area contributed by atoms with Gasteiger partial charge in [-0.1, -0.05) is 12.5 Å². The van der Waals surface area contributed by atoms with Crippen LogP contribution in [0.4, 0.5) is 0 Å². The molecular formula is C12H24IN3O2. The van der Waals surface area contributed by atoms with E-state index in [2.05, 4.69) is 26.9 Å². The molecule has 0 aliphatic carbocycles. The first-order chi connectivity index (χ1) is 8.24. The summed E-state index contributed by atoms with van der Waals surface area (Å²) in [6, 6.07) is 0. The van der Waals surface area contributed by atoms with Crippen molar-refractivity contribution in [2.24, 2.45) is 4.99 Å². The molecule has 0 unspecified atom stereocenters. The summed E-state index contributed by atoms with van der Waals surface area (Å²) in [6.45, 7) is 5.16. The summed E-state index contributed by atoms with van der Waals surface area (Å²) >= 11 is 0. The van der Waals surface area contributed by atoms with Gasteiger partial charge in [-0.3, -0.25) is 9.79 Å². The zero-order chi connectivity index (χ0) is 12.9. The summed E-state index contributed by atoms with van der Waals surface area (Å²) in [7, 11) is 3.15. The molecule has 0 rings (SSSR count). The monoisotopic (exact) mass is 369 g/mol. The maximum absolute atomic E-state index is 10.8. The number of esters is 1. The molecule has 6 heteroatoms. The second-order valence-electron chi connectivity index (χ2n) is 3.56. The van der Waals surface area contributed by atoms with E-state index in [0.29, 0.717) is 13.0 Å². The minimum Gasteiger partial charge on any atom is -0.469 e. The van der Waals surface area contributed by atoms with Gasteiger partial charge in [0, 0.05) is 26.6 Å². The van der Waals surface area contributed by atoms with Crippen LogP contribution >= 0.6 is 24.0 Å². The van der Waals surface area contributed by atoms with Gasteiger partial charge in [-0.25, -0.2) is 0 Å². The van der Waals surface area contributed by atoms with E-state index in [1.807, 2.05) is 0 Å². The zero-order valence-electron chi connectivity index (χ0n) is 11.2. The van der Waals surface area contributed by atoms with Crippen LogP contribution in [0.3, 0.4) is 0 Å². The third kappa shape index (κ3) is 11.7. The quantitative estimate of drug-likeness (QED) is 0.171. The summed E-state index contributed by atoms with van der Waals surface area (Å²) in [5, 5.41) is 6.27. The van der Waals surface area contributed by atoms with E-state index in [1.54, 1.807) is 13.1 Å². The van der Waals surface area contributed by atoms with Crippen LogP contribution in [0.2, 0.25) is 0 Å². The molecule has 0 aliphatic heterocycles. The Morgan fingerprint density at radius 2 is 2.06 bits per heavy atom. The van der Waals surface area contributed by atoms with Gasteiger partial charge in [-0.2, -0.15) is 0 Å². The zero-order valence-corrected chi connectivity index (χ0v) is 13.5. The molecule has 0 saturated carbocycles. The lowest BCUT2D eigenvalue weighted by Crippen LogP contribution is -2.37. The largest absolute Gasteiger partial charge is 0.469 e. The fourth-order valence-electron chi connectivity index (χ4n) is 1.27. The number of carbonyl (C=O) groups excluding carboxylic acids is 1. The number of hydrogen-bond acceptors (Lipinski definition) is 3. The van der Waals surface area contributed by atoms with Gasteiger partial charge in [-0.05, 0) is 12.8 Å². The van der Waals surface area contributed by atoms with Crippen molar-refractivity contribution in [3.63, 3.8) is 0 Å². The van der Waals surface area contributed by atoms with Crippen molar-refractivity contribution < 1.29 is 9.53 Å². The molecule has 0 atom stereocenters. The average Bonchev–Trinajstić information content (AvgIpc) is 2.36. The van der Waals surface area contributed by atoms with Gasteiger partial charge in [0.1, 0.15) is 0 Å². The third-order valence-corrected chi connectivity index (χ3v) is 2.22. The molecule has 2 N–H and O–H groups in total. The fraction of sp³-hybridized carbons (Fsp3) is 0.667. The molecule has 0 heterocycles. The Morgan fingerprint density at radius 3 is 2.61 bits per heavy atom. The smallest absolute Gasteiger partial charge is 0.305 e. The number of unbranched alkanes of at least 4 members (excludes halogenated alkanes) is 2. The van der Waals surface area contributed by atoms with Gasteiger partial charge in [-0.15, -0.1) is 30.6 Å². The third-order valence-electron chi connectivity index (χ3n) is 2.22. The summed E-state index contributed by atoms with van der Waals surface area (Å²) < 4.78 is 4.56. The Hall–Kier alpha value is -0.790. The maximum atomic E-state index is 10.8. The van der Waals surface area contributed by atoms with Gasteiger partial charge in [0.25, 0.3) is 0 Å². The molecule has 0 saturated heterocycles. The molecule has 0 amide bonds. The molecule has 0 aliphatic rings. The van der Waals surface area contributed by atoms with Gasteiger partial charge < -0.3 is 15.4 Å². The molecule has 18 heavy (non-hydrogen) atoms. The van der Waals surface area contributed by atoms with E-state index in [1.165, 1.54) is 7.11 Å². The van der Waals surface area contributed by atoms with Crippen molar-refractivity contribution in [3.8, 4) is 0 Å². The summed E-state index contributed by atoms with van der Waals surface area (Å²) in [6.07, 6.45) is 5.16. The van der Waals surface area contributed by atoms with E-state index in [9.17, 15) is 4.79 Å². The molecule has 106 valence electrons. The van der Waals surface area contributed by atoms with Crippen molar-refractivity contribution in [1.82, 2.24) is 10.6 Å². The summed E-state index contributed by atoms with van der Waals surface area (Å²) in [4.78, 5) is 14.9. The van der Waals surface area contributed by atoms with Gasteiger partial charge in [0.15, 0.2) is 5.96 Å². The lowest BCUT2D eigenvalue weighted by molar-refractivity contribution is -0.140. The fourth-order valence-corrected chi connectivity index (χ4v) is 1.27. The number of ether oxygens (including phenoxy) is 1. The Morgan fingerprint density at radius 1 is 1.33 bits per heavy atom. The minimum atomic E-state index is -0.138. The first kappa shape index (κ1) is 19.5. The number of rotatable bonds is 8. The number of hydrogen-bond donors (Lipinski definition) is 2. The Bertz CT molecular complexity index is 258. The predicted octanol–water partition coefficient (Wildman–Crippen LogP) is 1.69. The highest BCUT2D eigenvalue weighted by atomic mass is 127. The van der Waals surface area contributed by atoms with Crippen molar-refractivity contribution in [1.29, 1.82) is 0 Å². The Balaban J connectivity index is 0. The van der Waals surface area contributed by atoms with Gasteiger partial charge >= 0.3 is 5.97 Å². The molecule has 0 spiro atoms. The van der Waals surface area contributed by atoms with Gasteiger partial charge in [0.2, 0.25) is 0 Å². The van der Waals surface area contributed by atoms with E-state index < -0.39 is 0 Å². The standard InChI is InChI=1S/C12H23N3O2.HI/c1-4-9-14-12(13-2)15-10-7-5-6-8-11(16)17-3;/h4H,1,5-10H2,2-3H3,(H2,13,14,15);1H. The van der Waals surface area contributed by atoms with Crippen LogP contribution in [-0.2, 0) is 9.53 Å². The number of methoxy groups -OCH3 is 1. The van der Waals surface area contributed by atoms with Crippen molar-refractivity contribution in [2.45, 2.75) is 25.7 Å². The topological polar surface area (TPSA) is 62.7 Å². The molecular weight excluding hydrogens is 345 g/mol. The van der Waals surface area contributed by atoms with Crippen molar-refractivity contribution in [3.05, 3.63) is 12.7 Å². The highest BCUT2D eigenvalue weighted by molar-refractivity contribution is 14.0. The normalized spacial score (nSPS) is 10.2. The first-order valence-electron chi connectivity index (χ1n) is 5.86. The van der Waals surface area contributed by atoms with Crippen LogP contribution in [0.1, 0.15) is 25.7 Å². The lowest BCUT2D eigenvalue weighted by atomic mass is 10.2. The second-order valence-corrected chi connectivity index (χ2v) is 3.56. The highest BCUT2D eigenvalue weighted by Gasteiger charge is 1.99. The van der Waals surface area contributed by atoms with Crippen LogP contribution in [-0.4, -0.2) is 39.2 Å². The van der Waals surface area contributed by atoms with Crippen molar-refractivity contribution >= 4 is 35.9 Å². The number of carbonyl (C=O) groups is 1. The molecule has 0 radical (unpaired) electrons. The number of aliphatic imine (C=N–C) groups is 1. The number of nitrogens with one attached hydrogen (secondary N) is 2. The lowest BCUT2D eigenvalue weighted by Gasteiger charge is -2.09. The Kier molecular flexibility index (Phi) is 15.5. The SMILES string of the molecule is C=CCNC(=NC)NCCCCCC(=O)OC.I.